The number of rotatable bonds is 1. The van der Waals surface area contributed by atoms with E-state index in [0.29, 0.717) is 12.0 Å². The third-order valence-corrected chi connectivity index (χ3v) is 4.14. The van der Waals surface area contributed by atoms with Crippen molar-refractivity contribution < 1.29 is 0 Å². The predicted molar refractivity (Wildman–Crippen MR) is 65.4 cm³/mol. The number of fused-ring (bicyclic) bond motifs is 1. The molecule has 16 heavy (non-hydrogen) atoms. The van der Waals surface area contributed by atoms with E-state index in [2.05, 4.69) is 22.9 Å². The first kappa shape index (κ1) is 10.1. The number of nitrogens with two attached hydrogens (primary N) is 1. The molecule has 1 aliphatic heterocycles. The molecule has 0 amide bonds. The Hall–Kier alpha value is -1.09. The smallest absolute Gasteiger partial charge is 0.128 e. The summed E-state index contributed by atoms with van der Waals surface area (Å²) < 4.78 is 0. The van der Waals surface area contributed by atoms with E-state index in [1.807, 2.05) is 12.3 Å². The van der Waals surface area contributed by atoms with E-state index in [9.17, 15) is 0 Å². The summed E-state index contributed by atoms with van der Waals surface area (Å²) in [7, 11) is 0. The van der Waals surface area contributed by atoms with Crippen molar-refractivity contribution in [2.24, 2.45) is 17.6 Å². The maximum Gasteiger partial charge on any atom is 0.128 e. The molecule has 0 aromatic carbocycles. The lowest BCUT2D eigenvalue weighted by Gasteiger charge is -2.19. The number of anilines is 1. The van der Waals surface area contributed by atoms with Gasteiger partial charge in [0.05, 0.1) is 0 Å². The molecule has 2 N–H and O–H groups in total. The second kappa shape index (κ2) is 3.74. The molecule has 3 nitrogen and oxygen atoms in total. The van der Waals surface area contributed by atoms with Crippen LogP contribution in [-0.2, 0) is 0 Å². The Kier molecular flexibility index (Phi) is 2.36. The highest BCUT2D eigenvalue weighted by Gasteiger charge is 2.41. The van der Waals surface area contributed by atoms with E-state index in [1.54, 1.807) is 0 Å². The Morgan fingerprint density at radius 1 is 1.38 bits per heavy atom. The van der Waals surface area contributed by atoms with Crippen molar-refractivity contribution in [2.75, 3.05) is 18.0 Å². The minimum Gasteiger partial charge on any atom is -0.356 e. The average molecular weight is 217 g/mol. The van der Waals surface area contributed by atoms with Crippen molar-refractivity contribution in [3.05, 3.63) is 23.9 Å². The van der Waals surface area contributed by atoms with Crippen molar-refractivity contribution in [1.29, 1.82) is 0 Å². The van der Waals surface area contributed by atoms with E-state index in [0.717, 1.165) is 24.8 Å². The van der Waals surface area contributed by atoms with Gasteiger partial charge >= 0.3 is 0 Å². The Labute approximate surface area is 96.7 Å². The van der Waals surface area contributed by atoms with Crippen LogP contribution < -0.4 is 10.6 Å². The Balaban J connectivity index is 1.79. The second-order valence-electron chi connectivity index (χ2n) is 5.26. The van der Waals surface area contributed by atoms with Crippen LogP contribution in [-0.4, -0.2) is 24.1 Å². The summed E-state index contributed by atoms with van der Waals surface area (Å²) >= 11 is 0. The first-order valence-electron chi connectivity index (χ1n) is 6.17. The van der Waals surface area contributed by atoms with Crippen LogP contribution in [0.5, 0.6) is 0 Å². The first-order valence-corrected chi connectivity index (χ1v) is 6.17. The van der Waals surface area contributed by atoms with Gasteiger partial charge in [-0.15, -0.1) is 0 Å². The summed E-state index contributed by atoms with van der Waals surface area (Å²) in [6, 6.07) is 4.64. The standard InChI is InChI=1S/C13H19N3/c1-9-4-5-15-13(6-9)16-7-10-2-3-12(14)11(10)8-16/h4-6,10-12H,2-3,7-8,14H2,1H3. The van der Waals surface area contributed by atoms with Crippen molar-refractivity contribution in [3.8, 4) is 0 Å². The minimum atomic E-state index is 0.416. The molecular formula is C13H19N3. The molecule has 0 radical (unpaired) electrons. The van der Waals surface area contributed by atoms with E-state index in [4.69, 9.17) is 5.73 Å². The molecule has 1 aliphatic carbocycles. The van der Waals surface area contributed by atoms with Gasteiger partial charge in [0, 0.05) is 25.3 Å². The first-order chi connectivity index (χ1) is 7.74. The maximum absolute atomic E-state index is 6.14. The molecular weight excluding hydrogens is 198 g/mol. The Morgan fingerprint density at radius 2 is 2.25 bits per heavy atom. The Morgan fingerprint density at radius 3 is 3.00 bits per heavy atom. The van der Waals surface area contributed by atoms with E-state index >= 15 is 0 Å². The predicted octanol–water partition coefficient (Wildman–Crippen LogP) is 1.56. The molecule has 86 valence electrons. The van der Waals surface area contributed by atoms with Gasteiger partial charge in [0.1, 0.15) is 5.82 Å². The van der Waals surface area contributed by atoms with Gasteiger partial charge in [0.15, 0.2) is 0 Å². The molecule has 2 heterocycles. The van der Waals surface area contributed by atoms with Crippen LogP contribution in [0.15, 0.2) is 18.3 Å². The maximum atomic E-state index is 6.14. The van der Waals surface area contributed by atoms with E-state index in [1.165, 1.54) is 18.4 Å². The molecule has 2 aliphatic rings. The van der Waals surface area contributed by atoms with Crippen LogP contribution >= 0.6 is 0 Å². The zero-order valence-electron chi connectivity index (χ0n) is 9.76. The largest absolute Gasteiger partial charge is 0.356 e. The lowest BCUT2D eigenvalue weighted by atomic mass is 9.98. The van der Waals surface area contributed by atoms with Crippen molar-refractivity contribution in [3.63, 3.8) is 0 Å². The van der Waals surface area contributed by atoms with Gasteiger partial charge in [-0.2, -0.15) is 0 Å². The van der Waals surface area contributed by atoms with Gasteiger partial charge < -0.3 is 10.6 Å². The molecule has 3 unspecified atom stereocenters. The van der Waals surface area contributed by atoms with Crippen molar-refractivity contribution >= 4 is 5.82 Å². The number of aromatic nitrogens is 1. The van der Waals surface area contributed by atoms with Gasteiger partial charge in [-0.3, -0.25) is 0 Å². The number of hydrogen-bond donors (Lipinski definition) is 1. The number of aryl methyl sites for hydroxylation is 1. The van der Waals surface area contributed by atoms with Gasteiger partial charge in [-0.25, -0.2) is 4.98 Å². The lowest BCUT2D eigenvalue weighted by molar-refractivity contribution is 0.453. The van der Waals surface area contributed by atoms with Gasteiger partial charge in [-0.1, -0.05) is 0 Å². The highest BCUT2D eigenvalue weighted by molar-refractivity contribution is 5.42. The third kappa shape index (κ3) is 1.59. The fourth-order valence-electron chi connectivity index (χ4n) is 3.19. The topological polar surface area (TPSA) is 42.2 Å². The number of hydrogen-bond acceptors (Lipinski definition) is 3. The molecule has 1 saturated carbocycles. The fourth-order valence-corrected chi connectivity index (χ4v) is 3.19. The average Bonchev–Trinajstić information content (AvgIpc) is 2.81. The molecule has 2 fully saturated rings. The van der Waals surface area contributed by atoms with Crippen molar-refractivity contribution in [1.82, 2.24) is 4.98 Å². The van der Waals surface area contributed by atoms with Crippen LogP contribution in [0.2, 0.25) is 0 Å². The van der Waals surface area contributed by atoms with Crippen LogP contribution in [0.1, 0.15) is 18.4 Å². The zero-order chi connectivity index (χ0) is 11.1. The van der Waals surface area contributed by atoms with Crippen LogP contribution in [0.3, 0.4) is 0 Å². The van der Waals surface area contributed by atoms with Gasteiger partial charge in [-0.05, 0) is 49.3 Å². The summed E-state index contributed by atoms with van der Waals surface area (Å²) in [6.07, 6.45) is 4.41. The molecule has 0 spiro atoms. The highest BCUT2D eigenvalue weighted by Crippen LogP contribution is 2.38. The highest BCUT2D eigenvalue weighted by atomic mass is 15.2. The van der Waals surface area contributed by atoms with Crippen LogP contribution in [0.4, 0.5) is 5.82 Å². The fraction of sp³-hybridized carbons (Fsp3) is 0.615. The SMILES string of the molecule is Cc1ccnc(N2CC3CCC(N)C3C2)c1. The normalized spacial score (nSPS) is 33.1. The summed E-state index contributed by atoms with van der Waals surface area (Å²) in [5.74, 6) is 2.63. The molecule has 1 aromatic heterocycles. The van der Waals surface area contributed by atoms with E-state index < -0.39 is 0 Å². The van der Waals surface area contributed by atoms with E-state index in [-0.39, 0.29) is 0 Å². The lowest BCUT2D eigenvalue weighted by Crippen LogP contribution is -2.30. The molecule has 1 saturated heterocycles. The van der Waals surface area contributed by atoms with Crippen molar-refractivity contribution in [2.45, 2.75) is 25.8 Å². The van der Waals surface area contributed by atoms with Gasteiger partial charge in [0.2, 0.25) is 0 Å². The van der Waals surface area contributed by atoms with Crippen LogP contribution in [0, 0.1) is 18.8 Å². The number of nitrogens with zero attached hydrogens (tertiary/aromatic N) is 2. The minimum absolute atomic E-state index is 0.416. The quantitative estimate of drug-likeness (QED) is 0.776. The molecule has 3 heteroatoms. The summed E-state index contributed by atoms with van der Waals surface area (Å²) in [5, 5.41) is 0. The summed E-state index contributed by atoms with van der Waals surface area (Å²) in [4.78, 5) is 6.86. The molecule has 3 atom stereocenters. The second-order valence-corrected chi connectivity index (χ2v) is 5.26. The molecule has 0 bridgehead atoms. The summed E-state index contributed by atoms with van der Waals surface area (Å²) in [6.45, 7) is 4.37. The zero-order valence-corrected chi connectivity index (χ0v) is 9.76. The molecule has 1 aromatic rings. The monoisotopic (exact) mass is 217 g/mol. The van der Waals surface area contributed by atoms with Gasteiger partial charge in [0.25, 0.3) is 0 Å². The molecule has 3 rings (SSSR count). The van der Waals surface area contributed by atoms with Crippen LogP contribution in [0.25, 0.3) is 0 Å². The third-order valence-electron chi connectivity index (χ3n) is 4.14. The number of pyridine rings is 1. The Bertz CT molecular complexity index is 391. The summed E-state index contributed by atoms with van der Waals surface area (Å²) in [5.41, 5.74) is 7.43.